The van der Waals surface area contributed by atoms with Gasteiger partial charge in [0, 0.05) is 57.6 Å². The van der Waals surface area contributed by atoms with E-state index in [4.69, 9.17) is 4.74 Å². The molecule has 1 unspecified atom stereocenters. The van der Waals surface area contributed by atoms with Crippen LogP contribution in [0.5, 0.6) is 0 Å². The third kappa shape index (κ3) is 4.60. The van der Waals surface area contributed by atoms with Crippen molar-refractivity contribution in [3.8, 4) is 16.9 Å². The number of nitrogens with zero attached hydrogens (tertiary/aromatic N) is 5. The SMILES string of the molecule is CC(C)C(=O)N1CCN(C(=O)c2cn(CC3CCCO3)cc3c(=O)n(-c4ccccc4)nc2-3)CC1. The van der Waals surface area contributed by atoms with Crippen molar-refractivity contribution in [2.45, 2.75) is 39.3 Å². The van der Waals surface area contributed by atoms with Crippen molar-refractivity contribution >= 4 is 11.8 Å². The van der Waals surface area contributed by atoms with Crippen molar-refractivity contribution in [1.29, 1.82) is 0 Å². The maximum atomic E-state index is 13.7. The average Bonchev–Trinajstić information content (AvgIpc) is 3.51. The van der Waals surface area contributed by atoms with Gasteiger partial charge in [-0.1, -0.05) is 32.0 Å². The molecule has 184 valence electrons. The van der Waals surface area contributed by atoms with Gasteiger partial charge in [-0.25, -0.2) is 0 Å². The Kier molecular flexibility index (Phi) is 6.42. The van der Waals surface area contributed by atoms with Crippen LogP contribution in [0.2, 0.25) is 0 Å². The van der Waals surface area contributed by atoms with E-state index >= 15 is 0 Å². The van der Waals surface area contributed by atoms with Crippen LogP contribution in [-0.4, -0.2) is 74.9 Å². The first-order valence-electron chi connectivity index (χ1n) is 12.3. The highest BCUT2D eigenvalue weighted by atomic mass is 16.5. The molecule has 9 heteroatoms. The number of aromatic nitrogens is 3. The predicted molar refractivity (Wildman–Crippen MR) is 131 cm³/mol. The number of para-hydroxylation sites is 1. The third-order valence-electron chi connectivity index (χ3n) is 6.76. The Balaban J connectivity index is 1.49. The van der Waals surface area contributed by atoms with Gasteiger partial charge in [-0.2, -0.15) is 9.78 Å². The number of fused-ring (bicyclic) bond motifs is 1. The molecule has 0 saturated carbocycles. The van der Waals surface area contributed by atoms with Gasteiger partial charge in [0.1, 0.15) is 5.69 Å². The average molecular weight is 478 g/mol. The van der Waals surface area contributed by atoms with Crippen LogP contribution in [0.4, 0.5) is 0 Å². The fourth-order valence-corrected chi connectivity index (χ4v) is 4.86. The van der Waals surface area contributed by atoms with Gasteiger partial charge in [-0.05, 0) is 25.0 Å². The quantitative estimate of drug-likeness (QED) is 0.562. The highest BCUT2D eigenvalue weighted by molar-refractivity contribution is 6.00. The smallest absolute Gasteiger partial charge is 0.282 e. The van der Waals surface area contributed by atoms with Crippen LogP contribution in [0.15, 0.2) is 47.5 Å². The molecule has 1 aromatic rings. The van der Waals surface area contributed by atoms with Gasteiger partial charge < -0.3 is 19.1 Å². The van der Waals surface area contributed by atoms with Gasteiger partial charge in [0.15, 0.2) is 0 Å². The van der Waals surface area contributed by atoms with E-state index in [-0.39, 0.29) is 29.4 Å². The van der Waals surface area contributed by atoms with Crippen molar-refractivity contribution in [3.63, 3.8) is 0 Å². The number of ether oxygens (including phenoxy) is 1. The number of carbonyl (C=O) groups excluding carboxylic acids is 2. The molecule has 0 aliphatic carbocycles. The van der Waals surface area contributed by atoms with Crippen molar-refractivity contribution in [2.24, 2.45) is 5.92 Å². The molecule has 1 atom stereocenters. The Labute approximate surface area is 204 Å². The molecular formula is C26H31N5O4. The summed E-state index contributed by atoms with van der Waals surface area (Å²) in [4.78, 5) is 43.0. The fraction of sp³-hybridized carbons (Fsp3) is 0.462. The van der Waals surface area contributed by atoms with Gasteiger partial charge in [0.25, 0.3) is 11.5 Å². The molecular weight excluding hydrogens is 446 g/mol. The van der Waals surface area contributed by atoms with E-state index in [9.17, 15) is 14.4 Å². The molecule has 0 spiro atoms. The first kappa shape index (κ1) is 23.3. The summed E-state index contributed by atoms with van der Waals surface area (Å²) in [7, 11) is 0. The summed E-state index contributed by atoms with van der Waals surface area (Å²) in [6.45, 7) is 6.97. The van der Waals surface area contributed by atoms with Gasteiger partial charge in [-0.3, -0.25) is 14.4 Å². The molecule has 5 rings (SSSR count). The predicted octanol–water partition coefficient (Wildman–Crippen LogP) is 2.26. The lowest BCUT2D eigenvalue weighted by molar-refractivity contribution is -0.135. The van der Waals surface area contributed by atoms with Crippen LogP contribution in [0.1, 0.15) is 37.0 Å². The summed E-state index contributed by atoms with van der Waals surface area (Å²) >= 11 is 0. The second-order valence-electron chi connectivity index (χ2n) is 9.59. The highest BCUT2D eigenvalue weighted by Crippen LogP contribution is 2.25. The highest BCUT2D eigenvalue weighted by Gasteiger charge is 2.31. The lowest BCUT2D eigenvalue weighted by Gasteiger charge is -2.35. The molecule has 2 saturated heterocycles. The first-order valence-corrected chi connectivity index (χ1v) is 12.3. The lowest BCUT2D eigenvalue weighted by Crippen LogP contribution is -2.51. The number of amides is 2. The van der Waals surface area contributed by atoms with E-state index in [2.05, 4.69) is 5.10 Å². The Morgan fingerprint density at radius 3 is 2.43 bits per heavy atom. The van der Waals surface area contributed by atoms with Crippen molar-refractivity contribution in [3.05, 3.63) is 58.6 Å². The lowest BCUT2D eigenvalue weighted by atomic mass is 10.1. The number of rotatable bonds is 5. The van der Waals surface area contributed by atoms with E-state index < -0.39 is 0 Å². The number of benzene rings is 1. The summed E-state index contributed by atoms with van der Waals surface area (Å²) in [6, 6.07) is 9.22. The number of carbonyl (C=O) groups is 2. The number of hydrogen-bond donors (Lipinski definition) is 0. The zero-order valence-electron chi connectivity index (χ0n) is 20.2. The Hall–Kier alpha value is -3.46. The molecule has 0 N–H and O–H groups in total. The summed E-state index contributed by atoms with van der Waals surface area (Å²) in [5.41, 5.74) is 1.60. The minimum atomic E-state index is -0.255. The molecule has 4 heterocycles. The number of hydrogen-bond acceptors (Lipinski definition) is 5. The Bertz CT molecular complexity index is 1230. The molecule has 2 amide bonds. The molecule has 4 aliphatic rings. The Morgan fingerprint density at radius 1 is 1.06 bits per heavy atom. The van der Waals surface area contributed by atoms with Crippen molar-refractivity contribution in [1.82, 2.24) is 24.1 Å². The molecule has 0 bridgehead atoms. The monoisotopic (exact) mass is 477 g/mol. The van der Waals surface area contributed by atoms with Crippen LogP contribution in [-0.2, 0) is 16.1 Å². The second-order valence-corrected chi connectivity index (χ2v) is 9.59. The van der Waals surface area contributed by atoms with E-state index in [1.54, 1.807) is 17.3 Å². The van der Waals surface area contributed by atoms with E-state index in [1.807, 2.05) is 53.6 Å². The first-order chi connectivity index (χ1) is 16.9. The van der Waals surface area contributed by atoms with Crippen LogP contribution in [0, 0.1) is 5.92 Å². The topological polar surface area (TPSA) is 89.7 Å². The molecule has 2 fully saturated rings. The molecule has 35 heavy (non-hydrogen) atoms. The summed E-state index contributed by atoms with van der Waals surface area (Å²) in [6.07, 6.45) is 5.59. The van der Waals surface area contributed by atoms with Gasteiger partial charge in [-0.15, -0.1) is 0 Å². The number of piperazine rings is 1. The summed E-state index contributed by atoms with van der Waals surface area (Å²) < 4.78 is 9.04. The van der Waals surface area contributed by atoms with Crippen LogP contribution in [0.25, 0.3) is 16.9 Å². The van der Waals surface area contributed by atoms with Crippen molar-refractivity contribution in [2.75, 3.05) is 32.8 Å². The zero-order chi connectivity index (χ0) is 24.5. The van der Waals surface area contributed by atoms with Crippen LogP contribution < -0.4 is 5.56 Å². The van der Waals surface area contributed by atoms with E-state index in [0.29, 0.717) is 55.2 Å². The van der Waals surface area contributed by atoms with Gasteiger partial charge in [0.2, 0.25) is 5.91 Å². The fourth-order valence-electron chi connectivity index (χ4n) is 4.86. The largest absolute Gasteiger partial charge is 0.376 e. The third-order valence-corrected chi connectivity index (χ3v) is 6.76. The van der Waals surface area contributed by atoms with Gasteiger partial charge >= 0.3 is 0 Å². The summed E-state index contributed by atoms with van der Waals surface area (Å²) in [5, 5.41) is 4.59. The van der Waals surface area contributed by atoms with E-state index in [0.717, 1.165) is 19.4 Å². The number of pyridine rings is 1. The normalized spacial score (nSPS) is 18.5. The minimum absolute atomic E-state index is 0.0604. The molecule has 4 aliphatic heterocycles. The van der Waals surface area contributed by atoms with Crippen LogP contribution >= 0.6 is 0 Å². The van der Waals surface area contributed by atoms with Crippen LogP contribution in [0.3, 0.4) is 0 Å². The molecule has 0 aromatic heterocycles. The van der Waals surface area contributed by atoms with Gasteiger partial charge in [0.05, 0.1) is 22.9 Å². The van der Waals surface area contributed by atoms with Crippen molar-refractivity contribution < 1.29 is 14.3 Å². The maximum absolute atomic E-state index is 13.7. The maximum Gasteiger partial charge on any atom is 0.282 e. The standard InChI is InChI=1S/C26H31N5O4/c1-18(2)24(32)29-10-12-30(13-11-29)25(33)21-16-28(15-20-9-6-14-35-20)17-22-23(21)27-31(26(22)34)19-7-4-3-5-8-19/h3-5,7-8,16-18,20H,6,9-15H2,1-2H3. The molecule has 9 nitrogen and oxygen atoms in total. The summed E-state index contributed by atoms with van der Waals surface area (Å²) in [5.74, 6) is -0.141. The minimum Gasteiger partial charge on any atom is -0.376 e. The molecule has 1 aromatic carbocycles. The zero-order valence-corrected chi connectivity index (χ0v) is 20.2. The second kappa shape index (κ2) is 9.65. The molecule has 0 radical (unpaired) electrons. The Morgan fingerprint density at radius 2 is 1.77 bits per heavy atom. The van der Waals surface area contributed by atoms with E-state index in [1.165, 1.54) is 4.68 Å².